The van der Waals surface area contributed by atoms with E-state index in [9.17, 15) is 9.90 Å². The number of anilines is 1. The molecule has 1 aliphatic rings. The van der Waals surface area contributed by atoms with E-state index in [1.807, 2.05) is 72.9 Å². The van der Waals surface area contributed by atoms with E-state index in [1.165, 1.54) is 6.92 Å². The van der Waals surface area contributed by atoms with Crippen LogP contribution in [0.2, 0.25) is 0 Å². The molecule has 2 aromatic carbocycles. The predicted molar refractivity (Wildman–Crippen MR) is 139 cm³/mol. The molecule has 0 bridgehead atoms. The van der Waals surface area contributed by atoms with Crippen molar-refractivity contribution in [3.8, 4) is 0 Å². The number of amides is 1. The first kappa shape index (κ1) is 26.0. The van der Waals surface area contributed by atoms with Gasteiger partial charge in [0.25, 0.3) is 0 Å². The van der Waals surface area contributed by atoms with Crippen molar-refractivity contribution in [1.29, 1.82) is 0 Å². The average Bonchev–Trinajstić information content (AvgIpc) is 2.89. The Bertz CT molecular complexity index is 1110. The third-order valence-electron chi connectivity index (χ3n) is 6.59. The molecule has 0 saturated carbocycles. The maximum atomic E-state index is 11.4. The predicted octanol–water partition coefficient (Wildman–Crippen LogP) is 4.50. The zero-order valence-electron chi connectivity index (χ0n) is 21.1. The van der Waals surface area contributed by atoms with Crippen molar-refractivity contribution in [2.75, 3.05) is 25.5 Å². The van der Waals surface area contributed by atoms with Crippen LogP contribution in [-0.4, -0.2) is 47.1 Å². The van der Waals surface area contributed by atoms with Gasteiger partial charge in [-0.2, -0.15) is 0 Å². The van der Waals surface area contributed by atoms with Gasteiger partial charge in [0.15, 0.2) is 6.29 Å². The molecule has 2 heterocycles. The summed E-state index contributed by atoms with van der Waals surface area (Å²) in [6, 6.07) is 21.5. The molecular formula is C29H35N3O4. The Balaban J connectivity index is 1.51. The number of nitrogens with one attached hydrogen (secondary N) is 1. The lowest BCUT2D eigenvalue weighted by atomic mass is 9.90. The van der Waals surface area contributed by atoms with Crippen molar-refractivity contribution in [1.82, 2.24) is 9.88 Å². The molecule has 1 saturated heterocycles. The molecule has 4 unspecified atom stereocenters. The van der Waals surface area contributed by atoms with Gasteiger partial charge in [-0.1, -0.05) is 49.4 Å². The highest BCUT2D eigenvalue weighted by Gasteiger charge is 2.38. The molecular weight excluding hydrogens is 454 g/mol. The number of ether oxygens (including phenoxy) is 2. The molecule has 0 spiro atoms. The molecule has 0 radical (unpaired) electrons. The van der Waals surface area contributed by atoms with Gasteiger partial charge in [-0.05, 0) is 42.4 Å². The first-order chi connectivity index (χ1) is 17.4. The summed E-state index contributed by atoms with van der Waals surface area (Å²) in [6.45, 7) is 5.29. The van der Waals surface area contributed by atoms with E-state index in [0.717, 1.165) is 47.6 Å². The van der Waals surface area contributed by atoms with Crippen LogP contribution in [0.4, 0.5) is 5.69 Å². The molecule has 1 aliphatic heterocycles. The van der Waals surface area contributed by atoms with Gasteiger partial charge in [-0.15, -0.1) is 0 Å². The lowest BCUT2D eigenvalue weighted by molar-refractivity contribution is -0.275. The van der Waals surface area contributed by atoms with Gasteiger partial charge in [-0.3, -0.25) is 9.78 Å². The minimum atomic E-state index is -0.538. The third kappa shape index (κ3) is 6.77. The van der Waals surface area contributed by atoms with Crippen LogP contribution in [0.3, 0.4) is 0 Å². The highest BCUT2D eigenvalue weighted by atomic mass is 16.7. The average molecular weight is 490 g/mol. The molecule has 2 N–H and O–H groups in total. The van der Waals surface area contributed by atoms with Crippen molar-refractivity contribution in [3.05, 3.63) is 95.3 Å². The molecule has 7 nitrogen and oxygen atoms in total. The maximum Gasteiger partial charge on any atom is 0.221 e. The topological polar surface area (TPSA) is 83.9 Å². The van der Waals surface area contributed by atoms with E-state index in [1.54, 1.807) is 0 Å². The normalized spacial score (nSPS) is 21.9. The smallest absolute Gasteiger partial charge is 0.221 e. The quantitative estimate of drug-likeness (QED) is 0.461. The van der Waals surface area contributed by atoms with Gasteiger partial charge in [-0.25, -0.2) is 0 Å². The van der Waals surface area contributed by atoms with E-state index in [-0.39, 0.29) is 30.6 Å². The molecule has 1 aromatic heterocycles. The Labute approximate surface area is 213 Å². The second-order valence-corrected chi connectivity index (χ2v) is 9.46. The zero-order chi connectivity index (χ0) is 25.5. The SMILES string of the molecule is CC(=O)Nc1ccc(C2OC(CN(C)CCc3ccccn3)C(C)C(c3ccc(CO)cc3)O2)cc1. The van der Waals surface area contributed by atoms with Crippen LogP contribution in [0.15, 0.2) is 72.9 Å². The molecule has 36 heavy (non-hydrogen) atoms. The Kier molecular flexibility index (Phi) is 8.83. The van der Waals surface area contributed by atoms with Crippen LogP contribution in [0.25, 0.3) is 0 Å². The fourth-order valence-corrected chi connectivity index (χ4v) is 4.50. The second kappa shape index (κ2) is 12.2. The van der Waals surface area contributed by atoms with Crippen molar-refractivity contribution in [3.63, 3.8) is 0 Å². The lowest BCUT2D eigenvalue weighted by Gasteiger charge is -2.42. The number of carbonyl (C=O) groups excluding carboxylic acids is 1. The number of carbonyl (C=O) groups is 1. The third-order valence-corrected chi connectivity index (χ3v) is 6.59. The Morgan fingerprint density at radius 1 is 1.03 bits per heavy atom. The van der Waals surface area contributed by atoms with Gasteiger partial charge >= 0.3 is 0 Å². The van der Waals surface area contributed by atoms with Crippen molar-refractivity contribution >= 4 is 11.6 Å². The van der Waals surface area contributed by atoms with Crippen molar-refractivity contribution < 1.29 is 19.4 Å². The molecule has 3 aromatic rings. The molecule has 0 aliphatic carbocycles. The number of likely N-dealkylation sites (N-methyl/N-ethyl adjacent to an activating group) is 1. The van der Waals surface area contributed by atoms with Crippen LogP contribution in [-0.2, 0) is 27.3 Å². The van der Waals surface area contributed by atoms with E-state index in [4.69, 9.17) is 9.47 Å². The van der Waals surface area contributed by atoms with Crippen LogP contribution >= 0.6 is 0 Å². The number of hydrogen-bond acceptors (Lipinski definition) is 6. The van der Waals surface area contributed by atoms with E-state index in [2.05, 4.69) is 29.2 Å². The van der Waals surface area contributed by atoms with Crippen LogP contribution < -0.4 is 5.32 Å². The summed E-state index contributed by atoms with van der Waals surface area (Å²) in [5.41, 5.74) is 4.63. The standard InChI is InChI=1S/C29H35N3O4/c1-20-27(18-32(3)17-15-25-6-4-5-16-30-25)35-29(24-11-13-26(14-12-24)31-21(2)34)36-28(20)23-9-7-22(19-33)8-10-23/h4-14,16,20,27-29,33H,15,17-19H2,1-3H3,(H,31,34). The minimum Gasteiger partial charge on any atom is -0.392 e. The van der Waals surface area contributed by atoms with Crippen LogP contribution in [0.5, 0.6) is 0 Å². The lowest BCUT2D eigenvalue weighted by Crippen LogP contribution is -2.43. The number of rotatable bonds is 9. The fourth-order valence-electron chi connectivity index (χ4n) is 4.50. The summed E-state index contributed by atoms with van der Waals surface area (Å²) in [5, 5.41) is 12.2. The van der Waals surface area contributed by atoms with E-state index in [0.29, 0.717) is 0 Å². The maximum absolute atomic E-state index is 11.4. The van der Waals surface area contributed by atoms with Gasteiger partial charge in [0.2, 0.25) is 5.91 Å². The largest absolute Gasteiger partial charge is 0.392 e. The van der Waals surface area contributed by atoms with Crippen molar-refractivity contribution in [2.45, 2.75) is 45.4 Å². The number of aliphatic hydroxyl groups is 1. The van der Waals surface area contributed by atoms with Gasteiger partial charge in [0.1, 0.15) is 0 Å². The van der Waals surface area contributed by atoms with Gasteiger partial charge in [0.05, 0.1) is 18.8 Å². The number of nitrogens with zero attached hydrogens (tertiary/aromatic N) is 2. The molecule has 1 amide bonds. The summed E-state index contributed by atoms with van der Waals surface area (Å²) in [6.07, 6.45) is 1.93. The first-order valence-electron chi connectivity index (χ1n) is 12.4. The van der Waals surface area contributed by atoms with E-state index >= 15 is 0 Å². The Morgan fingerprint density at radius 2 is 1.75 bits per heavy atom. The summed E-state index contributed by atoms with van der Waals surface area (Å²) in [4.78, 5) is 18.1. The number of aliphatic hydroxyl groups excluding tert-OH is 1. The fraction of sp³-hybridized carbons (Fsp3) is 0.379. The number of pyridine rings is 1. The van der Waals surface area contributed by atoms with Gasteiger partial charge in [0, 0.05) is 55.5 Å². The summed E-state index contributed by atoms with van der Waals surface area (Å²) < 4.78 is 13.0. The summed E-state index contributed by atoms with van der Waals surface area (Å²) in [5.74, 6) is -0.000820. The Morgan fingerprint density at radius 3 is 2.39 bits per heavy atom. The number of benzene rings is 2. The number of hydrogen-bond donors (Lipinski definition) is 2. The molecule has 190 valence electrons. The molecule has 4 atom stereocenters. The van der Waals surface area contributed by atoms with Crippen molar-refractivity contribution in [2.24, 2.45) is 5.92 Å². The summed E-state index contributed by atoms with van der Waals surface area (Å²) in [7, 11) is 2.11. The molecule has 4 rings (SSSR count). The van der Waals surface area contributed by atoms with Crippen LogP contribution in [0, 0.1) is 5.92 Å². The zero-order valence-corrected chi connectivity index (χ0v) is 21.1. The monoisotopic (exact) mass is 489 g/mol. The second-order valence-electron chi connectivity index (χ2n) is 9.46. The van der Waals surface area contributed by atoms with Gasteiger partial charge < -0.3 is 24.8 Å². The Hall–Kier alpha value is -3.10. The highest BCUT2D eigenvalue weighted by molar-refractivity contribution is 5.88. The highest BCUT2D eigenvalue weighted by Crippen LogP contribution is 2.41. The van der Waals surface area contributed by atoms with E-state index < -0.39 is 6.29 Å². The first-order valence-corrected chi connectivity index (χ1v) is 12.4. The van der Waals surface area contributed by atoms with Crippen LogP contribution in [0.1, 0.15) is 48.6 Å². The molecule has 1 fully saturated rings. The molecule has 7 heteroatoms. The minimum absolute atomic E-state index is 0.0113. The number of aromatic nitrogens is 1. The summed E-state index contributed by atoms with van der Waals surface area (Å²) >= 11 is 0.